The number of hydrogen-bond acceptors (Lipinski definition) is 5. The van der Waals surface area contributed by atoms with Crippen LogP contribution in [0.1, 0.15) is 22.6 Å². The molecule has 6 nitrogen and oxygen atoms in total. The minimum absolute atomic E-state index is 0.0323. The summed E-state index contributed by atoms with van der Waals surface area (Å²) in [5, 5.41) is 2.76. The van der Waals surface area contributed by atoms with Crippen LogP contribution in [-0.2, 0) is 27.7 Å². The highest BCUT2D eigenvalue weighted by Gasteiger charge is 2.23. The summed E-state index contributed by atoms with van der Waals surface area (Å²) in [7, 11) is -1.96. The van der Waals surface area contributed by atoms with Crippen molar-refractivity contribution in [3.05, 3.63) is 39.8 Å². The molecular formula is C16H19N3O3S2. The highest BCUT2D eigenvalue weighted by atomic mass is 32.2. The summed E-state index contributed by atoms with van der Waals surface area (Å²) in [5.41, 5.74) is 4.29. The number of hydrogen-bond donors (Lipinski definition) is 1. The van der Waals surface area contributed by atoms with E-state index in [0.29, 0.717) is 31.5 Å². The van der Waals surface area contributed by atoms with Crippen molar-refractivity contribution in [2.45, 2.75) is 31.1 Å². The van der Waals surface area contributed by atoms with Gasteiger partial charge in [-0.15, -0.1) is 11.3 Å². The number of nitrogens with zero attached hydrogens (tertiary/aromatic N) is 2. The average molecular weight is 365 g/mol. The van der Waals surface area contributed by atoms with Crippen LogP contribution in [0.2, 0.25) is 0 Å². The van der Waals surface area contributed by atoms with Crippen LogP contribution >= 0.6 is 11.3 Å². The van der Waals surface area contributed by atoms with Gasteiger partial charge in [0, 0.05) is 30.6 Å². The number of likely N-dealkylation sites (N-methyl/N-ethyl adjacent to an activating group) is 1. The monoisotopic (exact) mass is 365 g/mol. The fraction of sp³-hybridized carbons (Fsp3) is 0.375. The average Bonchev–Trinajstić information content (AvgIpc) is 2.97. The van der Waals surface area contributed by atoms with Crippen LogP contribution in [0.25, 0.3) is 0 Å². The highest BCUT2D eigenvalue weighted by Crippen LogP contribution is 2.27. The Balaban J connectivity index is 1.77. The molecule has 1 aliphatic rings. The van der Waals surface area contributed by atoms with Crippen molar-refractivity contribution >= 4 is 33.0 Å². The van der Waals surface area contributed by atoms with Crippen molar-refractivity contribution in [3.63, 3.8) is 0 Å². The van der Waals surface area contributed by atoms with Gasteiger partial charge in [0.2, 0.25) is 15.9 Å². The number of rotatable bonds is 5. The Morgan fingerprint density at radius 3 is 2.83 bits per heavy atom. The van der Waals surface area contributed by atoms with Crippen LogP contribution in [-0.4, -0.2) is 37.2 Å². The molecule has 0 unspecified atom stereocenters. The van der Waals surface area contributed by atoms with Crippen LogP contribution in [0, 0.1) is 6.92 Å². The van der Waals surface area contributed by atoms with Crippen LogP contribution in [0.3, 0.4) is 0 Å². The zero-order chi connectivity index (χ0) is 17.3. The van der Waals surface area contributed by atoms with E-state index >= 15 is 0 Å². The lowest BCUT2D eigenvalue weighted by atomic mass is 10.0. The molecule has 0 saturated carbocycles. The summed E-state index contributed by atoms with van der Waals surface area (Å²) >= 11 is 1.54. The van der Waals surface area contributed by atoms with Crippen molar-refractivity contribution in [1.82, 2.24) is 9.29 Å². The third-order valence-electron chi connectivity index (χ3n) is 4.18. The number of thiazole rings is 1. The number of benzene rings is 1. The third kappa shape index (κ3) is 3.35. The zero-order valence-corrected chi connectivity index (χ0v) is 15.2. The maximum atomic E-state index is 12.8. The van der Waals surface area contributed by atoms with Crippen molar-refractivity contribution in [2.24, 2.45) is 0 Å². The molecule has 1 aromatic carbocycles. The molecule has 1 amide bonds. The molecule has 2 aromatic rings. The standard InChI is InChI=1S/C16H19N3O3S2/c1-11-15(23-10-17-11)7-8-19(2)24(21,22)13-4-5-14-12(9-13)3-6-16(20)18-14/h4-5,9-10H,3,6-8H2,1-2H3,(H,18,20). The minimum Gasteiger partial charge on any atom is -0.326 e. The van der Waals surface area contributed by atoms with E-state index in [1.165, 1.54) is 4.31 Å². The van der Waals surface area contributed by atoms with Gasteiger partial charge >= 0.3 is 0 Å². The smallest absolute Gasteiger partial charge is 0.242 e. The lowest BCUT2D eigenvalue weighted by molar-refractivity contribution is -0.116. The first-order valence-electron chi connectivity index (χ1n) is 7.66. The summed E-state index contributed by atoms with van der Waals surface area (Å²) in [6.45, 7) is 2.33. The largest absolute Gasteiger partial charge is 0.326 e. The third-order valence-corrected chi connectivity index (χ3v) is 7.03. The van der Waals surface area contributed by atoms with Gasteiger partial charge in [-0.25, -0.2) is 17.7 Å². The molecule has 1 aromatic heterocycles. The van der Waals surface area contributed by atoms with Crippen LogP contribution in [0.15, 0.2) is 28.6 Å². The first-order valence-corrected chi connectivity index (χ1v) is 9.98. The predicted molar refractivity (Wildman–Crippen MR) is 93.8 cm³/mol. The topological polar surface area (TPSA) is 79.4 Å². The molecule has 0 aliphatic carbocycles. The number of aryl methyl sites for hydroxylation is 2. The number of fused-ring (bicyclic) bond motifs is 1. The number of amides is 1. The second-order valence-corrected chi connectivity index (χ2v) is 8.79. The number of carbonyl (C=O) groups excluding carboxylic acids is 1. The number of anilines is 1. The molecule has 0 saturated heterocycles. The van der Waals surface area contributed by atoms with E-state index in [4.69, 9.17) is 0 Å². The molecule has 3 rings (SSSR count). The highest BCUT2D eigenvalue weighted by molar-refractivity contribution is 7.89. The van der Waals surface area contributed by atoms with Gasteiger partial charge in [0.25, 0.3) is 0 Å². The van der Waals surface area contributed by atoms with E-state index in [0.717, 1.165) is 16.1 Å². The van der Waals surface area contributed by atoms with Gasteiger partial charge in [-0.2, -0.15) is 0 Å². The Bertz CT molecular complexity index is 874. The maximum Gasteiger partial charge on any atom is 0.242 e. The van der Waals surface area contributed by atoms with E-state index in [9.17, 15) is 13.2 Å². The second-order valence-electron chi connectivity index (χ2n) is 5.80. The number of nitrogens with one attached hydrogen (secondary N) is 1. The number of carbonyl (C=O) groups is 1. The summed E-state index contributed by atoms with van der Waals surface area (Å²) < 4.78 is 26.9. The van der Waals surface area contributed by atoms with Crippen LogP contribution in [0.5, 0.6) is 0 Å². The summed E-state index contributed by atoms with van der Waals surface area (Å²) in [6.07, 6.45) is 1.60. The quantitative estimate of drug-likeness (QED) is 0.881. The van der Waals surface area contributed by atoms with Gasteiger partial charge < -0.3 is 5.32 Å². The molecule has 2 heterocycles. The van der Waals surface area contributed by atoms with E-state index in [2.05, 4.69) is 10.3 Å². The van der Waals surface area contributed by atoms with Crippen LogP contribution in [0.4, 0.5) is 5.69 Å². The summed E-state index contributed by atoms with van der Waals surface area (Å²) in [6, 6.07) is 4.88. The van der Waals surface area contributed by atoms with E-state index in [1.54, 1.807) is 42.1 Å². The molecular weight excluding hydrogens is 346 g/mol. The Hall–Kier alpha value is -1.77. The van der Waals surface area contributed by atoms with Gasteiger partial charge in [0.05, 0.1) is 16.1 Å². The maximum absolute atomic E-state index is 12.8. The molecule has 0 fully saturated rings. The van der Waals surface area contributed by atoms with Gasteiger partial charge in [-0.05, 0) is 43.5 Å². The summed E-state index contributed by atoms with van der Waals surface area (Å²) in [4.78, 5) is 17.0. The fourth-order valence-electron chi connectivity index (χ4n) is 2.65. The van der Waals surface area contributed by atoms with Crippen molar-refractivity contribution in [1.29, 1.82) is 0 Å². The van der Waals surface area contributed by atoms with Crippen LogP contribution < -0.4 is 5.32 Å². The van der Waals surface area contributed by atoms with Crippen molar-refractivity contribution in [2.75, 3.05) is 18.9 Å². The van der Waals surface area contributed by atoms with Gasteiger partial charge in [-0.3, -0.25) is 4.79 Å². The molecule has 1 aliphatic heterocycles. The molecule has 0 radical (unpaired) electrons. The van der Waals surface area contributed by atoms with Gasteiger partial charge in [-0.1, -0.05) is 0 Å². The molecule has 0 spiro atoms. The molecule has 1 N–H and O–H groups in total. The lowest BCUT2D eigenvalue weighted by Crippen LogP contribution is -2.29. The molecule has 24 heavy (non-hydrogen) atoms. The predicted octanol–water partition coefficient (Wildman–Crippen LogP) is 2.20. The van der Waals surface area contributed by atoms with E-state index in [-0.39, 0.29) is 10.8 Å². The Kier molecular flexibility index (Phi) is 4.71. The molecule has 8 heteroatoms. The summed E-state index contributed by atoms with van der Waals surface area (Å²) in [5.74, 6) is -0.0323. The number of aromatic nitrogens is 1. The Labute approximate surface area is 145 Å². The van der Waals surface area contributed by atoms with E-state index in [1.807, 2.05) is 6.92 Å². The van der Waals surface area contributed by atoms with E-state index < -0.39 is 10.0 Å². The molecule has 0 atom stereocenters. The second kappa shape index (κ2) is 6.62. The van der Waals surface area contributed by atoms with Crippen molar-refractivity contribution < 1.29 is 13.2 Å². The normalized spacial score (nSPS) is 14.5. The lowest BCUT2D eigenvalue weighted by Gasteiger charge is -2.20. The first kappa shape index (κ1) is 17.1. The van der Waals surface area contributed by atoms with Gasteiger partial charge in [0.1, 0.15) is 0 Å². The Morgan fingerprint density at radius 1 is 1.33 bits per heavy atom. The molecule has 128 valence electrons. The van der Waals surface area contributed by atoms with Gasteiger partial charge in [0.15, 0.2) is 0 Å². The Morgan fingerprint density at radius 2 is 2.12 bits per heavy atom. The molecule has 0 bridgehead atoms. The minimum atomic E-state index is -3.55. The first-order chi connectivity index (χ1) is 11.4. The van der Waals surface area contributed by atoms with Crippen molar-refractivity contribution in [3.8, 4) is 0 Å². The SMILES string of the molecule is Cc1ncsc1CCN(C)S(=O)(=O)c1ccc2c(c1)CCC(=O)N2. The number of sulfonamides is 1. The fourth-order valence-corrected chi connectivity index (χ4v) is 4.64. The zero-order valence-electron chi connectivity index (χ0n) is 13.6.